The van der Waals surface area contributed by atoms with Crippen molar-refractivity contribution in [2.75, 3.05) is 18.0 Å². The summed E-state index contributed by atoms with van der Waals surface area (Å²) in [5.74, 6) is -0.385. The van der Waals surface area contributed by atoms with E-state index in [2.05, 4.69) is 5.32 Å². The number of carbonyl (C=O) groups excluding carboxylic acids is 2. The van der Waals surface area contributed by atoms with Gasteiger partial charge in [0.05, 0.1) is 16.9 Å². The SMILES string of the molecule is O=C(NCCC(=O)N1CCc2ccc([N+](=O)[O-])cc21)c1ccco1. The Morgan fingerprint density at radius 1 is 1.33 bits per heavy atom. The summed E-state index contributed by atoms with van der Waals surface area (Å²) in [6.07, 6.45) is 2.17. The van der Waals surface area contributed by atoms with E-state index in [1.165, 1.54) is 29.4 Å². The Kier molecular flexibility index (Phi) is 4.28. The summed E-state index contributed by atoms with van der Waals surface area (Å²) < 4.78 is 4.96. The number of amides is 2. The fourth-order valence-corrected chi connectivity index (χ4v) is 2.65. The molecule has 8 nitrogen and oxygen atoms in total. The highest BCUT2D eigenvalue weighted by Crippen LogP contribution is 2.31. The van der Waals surface area contributed by atoms with Gasteiger partial charge in [0.25, 0.3) is 11.6 Å². The molecule has 0 bridgehead atoms. The Hall–Kier alpha value is -3.16. The molecule has 0 aliphatic carbocycles. The molecule has 0 unspecified atom stereocenters. The van der Waals surface area contributed by atoms with E-state index in [4.69, 9.17) is 4.42 Å². The molecule has 8 heteroatoms. The maximum atomic E-state index is 12.3. The van der Waals surface area contributed by atoms with Crippen LogP contribution in [0.1, 0.15) is 22.5 Å². The standard InChI is InChI=1S/C16H15N3O5/c20-15(5-7-17-16(21)14-2-1-9-24-14)18-8-6-11-3-4-12(19(22)23)10-13(11)18/h1-4,9-10H,5-8H2,(H,17,21). The van der Waals surface area contributed by atoms with Crippen LogP contribution in [0.2, 0.25) is 0 Å². The van der Waals surface area contributed by atoms with Crippen LogP contribution in [0, 0.1) is 10.1 Å². The maximum Gasteiger partial charge on any atom is 0.286 e. The predicted octanol–water partition coefficient (Wildman–Crippen LogP) is 1.90. The van der Waals surface area contributed by atoms with Crippen LogP contribution in [0.4, 0.5) is 11.4 Å². The number of fused-ring (bicyclic) bond motifs is 1. The van der Waals surface area contributed by atoms with Crippen LogP contribution in [0.3, 0.4) is 0 Å². The molecule has 1 aliphatic rings. The smallest absolute Gasteiger partial charge is 0.286 e. The molecular formula is C16H15N3O5. The molecule has 0 spiro atoms. The van der Waals surface area contributed by atoms with E-state index >= 15 is 0 Å². The third kappa shape index (κ3) is 3.12. The third-order valence-corrected chi connectivity index (χ3v) is 3.85. The van der Waals surface area contributed by atoms with E-state index in [0.717, 1.165) is 5.56 Å². The largest absolute Gasteiger partial charge is 0.459 e. The van der Waals surface area contributed by atoms with Crippen LogP contribution in [-0.2, 0) is 11.2 Å². The van der Waals surface area contributed by atoms with Gasteiger partial charge in [-0.25, -0.2) is 0 Å². The van der Waals surface area contributed by atoms with Gasteiger partial charge in [0.1, 0.15) is 0 Å². The Bertz CT molecular complexity index is 785. The number of hydrogen-bond acceptors (Lipinski definition) is 5. The summed E-state index contributed by atoms with van der Waals surface area (Å²) in [6, 6.07) is 7.68. The van der Waals surface area contributed by atoms with Gasteiger partial charge in [-0.05, 0) is 24.1 Å². The molecule has 124 valence electrons. The Balaban J connectivity index is 1.60. The van der Waals surface area contributed by atoms with Gasteiger partial charge in [-0.15, -0.1) is 0 Å². The maximum absolute atomic E-state index is 12.3. The lowest BCUT2D eigenvalue weighted by atomic mass is 10.1. The van der Waals surface area contributed by atoms with Crippen molar-refractivity contribution in [3.8, 4) is 0 Å². The molecule has 2 heterocycles. The van der Waals surface area contributed by atoms with E-state index in [-0.39, 0.29) is 36.2 Å². The van der Waals surface area contributed by atoms with E-state index in [1.807, 2.05) is 0 Å². The van der Waals surface area contributed by atoms with Crippen LogP contribution in [0.25, 0.3) is 0 Å². The molecule has 2 amide bonds. The van der Waals surface area contributed by atoms with Crippen molar-refractivity contribution in [2.45, 2.75) is 12.8 Å². The summed E-state index contributed by atoms with van der Waals surface area (Å²) in [7, 11) is 0. The molecule has 0 saturated carbocycles. The number of carbonyl (C=O) groups is 2. The second kappa shape index (κ2) is 6.53. The third-order valence-electron chi connectivity index (χ3n) is 3.85. The van der Waals surface area contributed by atoms with Crippen LogP contribution >= 0.6 is 0 Å². The van der Waals surface area contributed by atoms with Gasteiger partial charge in [0.2, 0.25) is 5.91 Å². The van der Waals surface area contributed by atoms with Gasteiger partial charge < -0.3 is 14.6 Å². The van der Waals surface area contributed by atoms with E-state index in [0.29, 0.717) is 18.7 Å². The average Bonchev–Trinajstić information content (AvgIpc) is 3.23. The molecule has 0 saturated heterocycles. The first-order chi connectivity index (χ1) is 11.6. The first-order valence-electron chi connectivity index (χ1n) is 7.45. The lowest BCUT2D eigenvalue weighted by Crippen LogP contribution is -2.33. The summed E-state index contributed by atoms with van der Waals surface area (Å²) in [5, 5.41) is 13.5. The number of hydrogen-bond donors (Lipinski definition) is 1. The molecule has 2 aromatic rings. The number of nitro benzene ring substituents is 1. The van der Waals surface area contributed by atoms with Crippen LogP contribution in [0.15, 0.2) is 41.0 Å². The summed E-state index contributed by atoms with van der Waals surface area (Å²) in [6.45, 7) is 0.653. The zero-order valence-corrected chi connectivity index (χ0v) is 12.7. The monoisotopic (exact) mass is 329 g/mol. The zero-order chi connectivity index (χ0) is 17.1. The van der Waals surface area contributed by atoms with Crippen molar-refractivity contribution in [3.63, 3.8) is 0 Å². The highest BCUT2D eigenvalue weighted by molar-refractivity contribution is 5.96. The van der Waals surface area contributed by atoms with Gasteiger partial charge in [-0.3, -0.25) is 19.7 Å². The van der Waals surface area contributed by atoms with Crippen molar-refractivity contribution in [1.29, 1.82) is 0 Å². The van der Waals surface area contributed by atoms with Crippen molar-refractivity contribution in [1.82, 2.24) is 5.32 Å². The minimum absolute atomic E-state index is 0.0421. The van der Waals surface area contributed by atoms with Crippen LogP contribution in [-0.4, -0.2) is 29.8 Å². The normalized spacial score (nSPS) is 12.8. The minimum Gasteiger partial charge on any atom is -0.459 e. The number of nitrogens with one attached hydrogen (secondary N) is 1. The van der Waals surface area contributed by atoms with Gasteiger partial charge in [0, 0.05) is 31.6 Å². The van der Waals surface area contributed by atoms with Crippen molar-refractivity contribution in [2.24, 2.45) is 0 Å². The number of nitro groups is 1. The highest BCUT2D eigenvalue weighted by atomic mass is 16.6. The molecule has 3 rings (SSSR count). The summed E-state index contributed by atoms with van der Waals surface area (Å²) >= 11 is 0. The first-order valence-corrected chi connectivity index (χ1v) is 7.45. The number of anilines is 1. The number of benzene rings is 1. The van der Waals surface area contributed by atoms with Crippen molar-refractivity contribution in [3.05, 3.63) is 58.0 Å². The number of non-ortho nitro benzene ring substituents is 1. The molecule has 1 aromatic heterocycles. The number of furan rings is 1. The van der Waals surface area contributed by atoms with Gasteiger partial charge in [0.15, 0.2) is 5.76 Å². The van der Waals surface area contributed by atoms with Crippen LogP contribution in [0.5, 0.6) is 0 Å². The second-order valence-corrected chi connectivity index (χ2v) is 5.35. The van der Waals surface area contributed by atoms with Crippen molar-refractivity contribution < 1.29 is 18.9 Å². The summed E-state index contributed by atoms with van der Waals surface area (Å²) in [4.78, 5) is 36.0. The molecule has 1 aromatic carbocycles. The lowest BCUT2D eigenvalue weighted by molar-refractivity contribution is -0.384. The van der Waals surface area contributed by atoms with Crippen LogP contribution < -0.4 is 10.2 Å². The zero-order valence-electron chi connectivity index (χ0n) is 12.7. The molecule has 24 heavy (non-hydrogen) atoms. The minimum atomic E-state index is -0.481. The molecule has 0 radical (unpaired) electrons. The molecular weight excluding hydrogens is 314 g/mol. The predicted molar refractivity (Wildman–Crippen MR) is 84.8 cm³/mol. The van der Waals surface area contributed by atoms with Gasteiger partial charge >= 0.3 is 0 Å². The molecule has 0 fully saturated rings. The average molecular weight is 329 g/mol. The quantitative estimate of drug-likeness (QED) is 0.666. The fraction of sp³-hybridized carbons (Fsp3) is 0.250. The molecule has 1 aliphatic heterocycles. The Labute approximate surface area is 137 Å². The number of rotatable bonds is 5. The second-order valence-electron chi connectivity index (χ2n) is 5.35. The number of nitrogens with zero attached hydrogens (tertiary/aromatic N) is 2. The highest BCUT2D eigenvalue weighted by Gasteiger charge is 2.26. The van der Waals surface area contributed by atoms with E-state index < -0.39 is 4.92 Å². The van der Waals surface area contributed by atoms with Gasteiger partial charge in [-0.2, -0.15) is 0 Å². The lowest BCUT2D eigenvalue weighted by Gasteiger charge is -2.17. The van der Waals surface area contributed by atoms with Gasteiger partial charge in [-0.1, -0.05) is 6.07 Å². The first kappa shape index (κ1) is 15.7. The topological polar surface area (TPSA) is 106 Å². The Morgan fingerprint density at radius 2 is 2.17 bits per heavy atom. The van der Waals surface area contributed by atoms with Crippen molar-refractivity contribution >= 4 is 23.2 Å². The van der Waals surface area contributed by atoms with E-state index in [1.54, 1.807) is 12.1 Å². The fourth-order valence-electron chi connectivity index (χ4n) is 2.65. The molecule has 1 N–H and O–H groups in total. The van der Waals surface area contributed by atoms with E-state index in [9.17, 15) is 19.7 Å². The summed E-state index contributed by atoms with van der Waals surface area (Å²) in [5.41, 5.74) is 1.44. The molecule has 0 atom stereocenters. The Morgan fingerprint density at radius 3 is 2.88 bits per heavy atom.